The molecular formula is C21H28N2O5S. The summed E-state index contributed by atoms with van der Waals surface area (Å²) < 4.78 is 36.5. The van der Waals surface area contributed by atoms with Crippen LogP contribution in [0.5, 0.6) is 11.5 Å². The molecule has 7 nitrogen and oxygen atoms in total. The number of rotatable bonds is 10. The third-order valence-electron chi connectivity index (χ3n) is 4.50. The van der Waals surface area contributed by atoms with Crippen LogP contribution in [-0.4, -0.2) is 47.4 Å². The van der Waals surface area contributed by atoms with Crippen molar-refractivity contribution < 1.29 is 22.7 Å². The Morgan fingerprint density at radius 3 is 2.28 bits per heavy atom. The van der Waals surface area contributed by atoms with E-state index in [2.05, 4.69) is 5.32 Å². The lowest BCUT2D eigenvalue weighted by atomic mass is 10.1. The van der Waals surface area contributed by atoms with Gasteiger partial charge in [-0.2, -0.15) is 0 Å². The van der Waals surface area contributed by atoms with Crippen molar-refractivity contribution in [2.45, 2.75) is 25.8 Å². The van der Waals surface area contributed by atoms with E-state index in [1.807, 2.05) is 18.2 Å². The zero-order valence-corrected chi connectivity index (χ0v) is 18.0. The summed E-state index contributed by atoms with van der Waals surface area (Å²) in [5.41, 5.74) is 1.44. The molecule has 0 radical (unpaired) electrons. The highest BCUT2D eigenvalue weighted by Gasteiger charge is 2.31. The minimum atomic E-state index is -3.63. The van der Waals surface area contributed by atoms with Crippen molar-refractivity contribution in [3.05, 3.63) is 54.1 Å². The van der Waals surface area contributed by atoms with Crippen LogP contribution in [0.3, 0.4) is 0 Å². The van der Waals surface area contributed by atoms with Crippen LogP contribution in [0.4, 0.5) is 5.69 Å². The number of benzene rings is 2. The van der Waals surface area contributed by atoms with Crippen molar-refractivity contribution in [2.24, 2.45) is 0 Å². The van der Waals surface area contributed by atoms with Gasteiger partial charge in [-0.15, -0.1) is 0 Å². The molecule has 2 aromatic rings. The Bertz CT molecular complexity index is 916. The van der Waals surface area contributed by atoms with Crippen molar-refractivity contribution in [3.8, 4) is 11.5 Å². The molecule has 0 saturated heterocycles. The molecular weight excluding hydrogens is 392 g/mol. The minimum Gasteiger partial charge on any atom is -0.493 e. The first-order valence-corrected chi connectivity index (χ1v) is 11.2. The number of nitrogens with one attached hydrogen (secondary N) is 1. The fourth-order valence-corrected chi connectivity index (χ4v) is 4.33. The molecule has 1 amide bonds. The van der Waals surface area contributed by atoms with E-state index in [0.717, 1.165) is 11.8 Å². The minimum absolute atomic E-state index is 0.331. The Balaban J connectivity index is 2.09. The number of carbonyl (C=O) groups excluding carboxylic acids is 1. The molecule has 2 rings (SSSR count). The molecule has 158 valence electrons. The van der Waals surface area contributed by atoms with E-state index in [9.17, 15) is 13.2 Å². The summed E-state index contributed by atoms with van der Waals surface area (Å²) in [6.45, 7) is 2.16. The number of hydrogen-bond donors (Lipinski definition) is 1. The molecule has 1 atom stereocenters. The predicted octanol–water partition coefficient (Wildman–Crippen LogP) is 2.61. The quantitative estimate of drug-likeness (QED) is 0.639. The van der Waals surface area contributed by atoms with E-state index < -0.39 is 16.1 Å². The molecule has 0 fully saturated rings. The van der Waals surface area contributed by atoms with Gasteiger partial charge in [0.25, 0.3) is 0 Å². The number of methoxy groups -OCH3 is 2. The van der Waals surface area contributed by atoms with Crippen LogP contribution < -0.4 is 19.1 Å². The summed E-state index contributed by atoms with van der Waals surface area (Å²) in [6, 6.07) is 13.4. The van der Waals surface area contributed by atoms with E-state index in [-0.39, 0.29) is 5.91 Å². The maximum Gasteiger partial charge on any atom is 0.243 e. The average molecular weight is 421 g/mol. The number of amides is 1. The van der Waals surface area contributed by atoms with Gasteiger partial charge < -0.3 is 14.8 Å². The summed E-state index contributed by atoms with van der Waals surface area (Å²) in [4.78, 5) is 12.8. The summed E-state index contributed by atoms with van der Waals surface area (Å²) in [5, 5.41) is 2.85. The molecule has 0 aromatic heterocycles. The summed E-state index contributed by atoms with van der Waals surface area (Å²) >= 11 is 0. The zero-order chi connectivity index (χ0) is 21.4. The van der Waals surface area contributed by atoms with Crippen molar-refractivity contribution in [1.29, 1.82) is 0 Å². The largest absolute Gasteiger partial charge is 0.493 e. The third-order valence-corrected chi connectivity index (χ3v) is 5.68. The molecule has 0 aliphatic heterocycles. The third kappa shape index (κ3) is 5.87. The standard InChI is InChI=1S/C21H28N2O5S/c1-5-18(23(29(4,25)26)17-9-7-6-8-10-17)21(24)22-14-13-16-11-12-19(27-2)20(15-16)28-3/h6-12,15,18H,5,13-14H2,1-4H3,(H,22,24)/t18-/m1/s1. The molecule has 8 heteroatoms. The fraction of sp³-hybridized carbons (Fsp3) is 0.381. The Labute approximate surface area is 172 Å². The fourth-order valence-electron chi connectivity index (χ4n) is 3.12. The van der Waals surface area contributed by atoms with Gasteiger partial charge in [0.1, 0.15) is 6.04 Å². The number of nitrogens with zero attached hydrogens (tertiary/aromatic N) is 1. The topological polar surface area (TPSA) is 84.9 Å². The van der Waals surface area contributed by atoms with Crippen molar-refractivity contribution in [1.82, 2.24) is 5.32 Å². The molecule has 0 heterocycles. The van der Waals surface area contributed by atoms with Gasteiger partial charge in [-0.1, -0.05) is 31.2 Å². The lowest BCUT2D eigenvalue weighted by Gasteiger charge is -2.30. The lowest BCUT2D eigenvalue weighted by molar-refractivity contribution is -0.122. The van der Waals surface area contributed by atoms with Crippen LogP contribution >= 0.6 is 0 Å². The molecule has 0 bridgehead atoms. The SMILES string of the molecule is CC[C@H](C(=O)NCCc1ccc(OC)c(OC)c1)N(c1ccccc1)S(C)(=O)=O. The van der Waals surface area contributed by atoms with Crippen LogP contribution in [0.1, 0.15) is 18.9 Å². The zero-order valence-electron chi connectivity index (χ0n) is 17.2. The van der Waals surface area contributed by atoms with E-state index in [1.165, 1.54) is 4.31 Å². The van der Waals surface area contributed by atoms with Gasteiger partial charge in [0.05, 0.1) is 26.2 Å². The highest BCUT2D eigenvalue weighted by atomic mass is 32.2. The van der Waals surface area contributed by atoms with Gasteiger partial charge in [0.2, 0.25) is 15.9 Å². The summed E-state index contributed by atoms with van der Waals surface area (Å²) in [6.07, 6.45) is 2.04. The van der Waals surface area contributed by atoms with Crippen LogP contribution in [-0.2, 0) is 21.2 Å². The normalized spacial score (nSPS) is 12.1. The van der Waals surface area contributed by atoms with Gasteiger partial charge in [0.15, 0.2) is 11.5 Å². The molecule has 29 heavy (non-hydrogen) atoms. The second-order valence-electron chi connectivity index (χ2n) is 6.55. The predicted molar refractivity (Wildman–Crippen MR) is 114 cm³/mol. The van der Waals surface area contributed by atoms with Crippen LogP contribution in [0.25, 0.3) is 0 Å². The highest BCUT2D eigenvalue weighted by molar-refractivity contribution is 7.92. The van der Waals surface area contributed by atoms with E-state index in [4.69, 9.17) is 9.47 Å². The van der Waals surface area contributed by atoms with Gasteiger partial charge in [0, 0.05) is 6.54 Å². The average Bonchev–Trinajstić information content (AvgIpc) is 2.71. The first kappa shape index (κ1) is 22.5. The summed E-state index contributed by atoms with van der Waals surface area (Å²) in [5.74, 6) is 0.926. The molecule has 0 unspecified atom stereocenters. The van der Waals surface area contributed by atoms with E-state index >= 15 is 0 Å². The number of sulfonamides is 1. The van der Waals surface area contributed by atoms with Crippen molar-refractivity contribution >= 4 is 21.6 Å². The number of carbonyl (C=O) groups is 1. The number of hydrogen-bond acceptors (Lipinski definition) is 5. The van der Waals surface area contributed by atoms with Gasteiger partial charge >= 0.3 is 0 Å². The van der Waals surface area contributed by atoms with E-state index in [0.29, 0.717) is 36.6 Å². The molecule has 0 spiro atoms. The second-order valence-corrected chi connectivity index (χ2v) is 8.41. The van der Waals surface area contributed by atoms with Crippen LogP contribution in [0, 0.1) is 0 Å². The summed E-state index contributed by atoms with van der Waals surface area (Å²) in [7, 11) is -0.486. The van der Waals surface area contributed by atoms with Gasteiger partial charge in [-0.25, -0.2) is 8.42 Å². The monoisotopic (exact) mass is 420 g/mol. The van der Waals surface area contributed by atoms with Crippen molar-refractivity contribution in [2.75, 3.05) is 31.3 Å². The first-order valence-electron chi connectivity index (χ1n) is 9.34. The Hall–Kier alpha value is -2.74. The molecule has 2 aromatic carbocycles. The molecule has 1 N–H and O–H groups in total. The number of para-hydroxylation sites is 1. The Morgan fingerprint density at radius 1 is 1.07 bits per heavy atom. The maximum atomic E-state index is 12.8. The van der Waals surface area contributed by atoms with Gasteiger partial charge in [-0.3, -0.25) is 9.10 Å². The lowest BCUT2D eigenvalue weighted by Crippen LogP contribution is -2.49. The molecule has 0 aliphatic rings. The Kier molecular flexibility index (Phi) is 7.90. The van der Waals surface area contributed by atoms with Crippen LogP contribution in [0.2, 0.25) is 0 Å². The molecule has 0 saturated carbocycles. The number of anilines is 1. The van der Waals surface area contributed by atoms with Gasteiger partial charge in [-0.05, 0) is 42.7 Å². The maximum absolute atomic E-state index is 12.8. The second kappa shape index (κ2) is 10.2. The molecule has 0 aliphatic carbocycles. The first-order chi connectivity index (χ1) is 13.8. The highest BCUT2D eigenvalue weighted by Crippen LogP contribution is 2.27. The Morgan fingerprint density at radius 2 is 1.72 bits per heavy atom. The van der Waals surface area contributed by atoms with Crippen molar-refractivity contribution in [3.63, 3.8) is 0 Å². The van der Waals surface area contributed by atoms with Crippen LogP contribution in [0.15, 0.2) is 48.5 Å². The smallest absolute Gasteiger partial charge is 0.243 e. The van der Waals surface area contributed by atoms with E-state index in [1.54, 1.807) is 51.5 Å². The number of ether oxygens (including phenoxy) is 2.